The van der Waals surface area contributed by atoms with E-state index >= 15 is 0 Å². The first-order chi connectivity index (χ1) is 12.6. The molecule has 0 atom stereocenters. The number of hydrogen-bond donors (Lipinski definition) is 2. The molecule has 0 aliphatic heterocycles. The van der Waals surface area contributed by atoms with Crippen LogP contribution >= 0.6 is 11.6 Å². The van der Waals surface area contributed by atoms with Crippen LogP contribution < -0.4 is 14.8 Å². The summed E-state index contributed by atoms with van der Waals surface area (Å²) in [6.45, 7) is 6.34. The average molecular weight is 411 g/mol. The fourth-order valence-corrected chi connectivity index (χ4v) is 3.43. The second-order valence-electron chi connectivity index (χ2n) is 7.19. The molecule has 2 aromatic rings. The van der Waals surface area contributed by atoms with Crippen LogP contribution in [0.15, 0.2) is 53.4 Å². The largest absolute Gasteiger partial charge is 0.482 e. The number of halogens is 1. The molecule has 0 fully saturated rings. The highest BCUT2D eigenvalue weighted by Gasteiger charge is 2.17. The molecule has 0 heterocycles. The van der Waals surface area contributed by atoms with Gasteiger partial charge in [-0.2, -0.15) is 0 Å². The highest BCUT2D eigenvalue weighted by molar-refractivity contribution is 7.92. The molecular formula is C19H23ClN2O4S. The van der Waals surface area contributed by atoms with Crippen LogP contribution in [0.3, 0.4) is 0 Å². The van der Waals surface area contributed by atoms with E-state index in [1.807, 2.05) is 20.8 Å². The van der Waals surface area contributed by atoms with E-state index in [9.17, 15) is 13.2 Å². The van der Waals surface area contributed by atoms with Crippen molar-refractivity contribution in [2.24, 2.45) is 5.41 Å². The Morgan fingerprint density at radius 1 is 1.11 bits per heavy atom. The van der Waals surface area contributed by atoms with Crippen molar-refractivity contribution in [2.75, 3.05) is 17.9 Å². The number of nitrogens with one attached hydrogen (secondary N) is 2. The third-order valence-corrected chi connectivity index (χ3v) is 5.09. The molecule has 0 aliphatic rings. The molecule has 2 aromatic carbocycles. The summed E-state index contributed by atoms with van der Waals surface area (Å²) >= 11 is 6.12. The van der Waals surface area contributed by atoms with Crippen LogP contribution in [0.4, 0.5) is 5.69 Å². The molecule has 0 unspecified atom stereocenters. The Morgan fingerprint density at radius 2 is 1.78 bits per heavy atom. The average Bonchev–Trinajstić information content (AvgIpc) is 2.58. The van der Waals surface area contributed by atoms with E-state index in [0.29, 0.717) is 12.2 Å². The zero-order valence-corrected chi connectivity index (χ0v) is 17.0. The van der Waals surface area contributed by atoms with E-state index in [-0.39, 0.29) is 33.6 Å². The molecule has 27 heavy (non-hydrogen) atoms. The van der Waals surface area contributed by atoms with Gasteiger partial charge in [-0.1, -0.05) is 50.6 Å². The minimum atomic E-state index is -3.78. The van der Waals surface area contributed by atoms with Crippen molar-refractivity contribution in [1.82, 2.24) is 5.32 Å². The number of hydrogen-bond acceptors (Lipinski definition) is 4. The molecule has 0 bridgehead atoms. The van der Waals surface area contributed by atoms with Crippen molar-refractivity contribution < 1.29 is 17.9 Å². The van der Waals surface area contributed by atoms with E-state index in [1.54, 1.807) is 30.3 Å². The first-order valence-electron chi connectivity index (χ1n) is 8.34. The highest BCUT2D eigenvalue weighted by atomic mass is 35.5. The van der Waals surface area contributed by atoms with Gasteiger partial charge in [0.1, 0.15) is 5.75 Å². The minimum absolute atomic E-state index is 0.000821. The summed E-state index contributed by atoms with van der Waals surface area (Å²) in [6.07, 6.45) is 0. The minimum Gasteiger partial charge on any atom is -0.482 e. The Kier molecular flexibility index (Phi) is 6.73. The smallest absolute Gasteiger partial charge is 0.261 e. The van der Waals surface area contributed by atoms with E-state index in [4.69, 9.17) is 16.3 Å². The predicted octanol–water partition coefficient (Wildman–Crippen LogP) is 3.68. The molecule has 6 nitrogen and oxygen atoms in total. The van der Waals surface area contributed by atoms with E-state index in [2.05, 4.69) is 10.0 Å². The highest BCUT2D eigenvalue weighted by Crippen LogP contribution is 2.28. The second-order valence-corrected chi connectivity index (χ2v) is 9.28. The van der Waals surface area contributed by atoms with Gasteiger partial charge in [-0.25, -0.2) is 8.42 Å². The zero-order valence-electron chi connectivity index (χ0n) is 15.5. The van der Waals surface area contributed by atoms with Gasteiger partial charge in [0.15, 0.2) is 6.61 Å². The molecule has 0 aromatic heterocycles. The summed E-state index contributed by atoms with van der Waals surface area (Å²) in [7, 11) is -3.78. The summed E-state index contributed by atoms with van der Waals surface area (Å²) in [4.78, 5) is 11.8. The normalized spacial score (nSPS) is 11.7. The van der Waals surface area contributed by atoms with Crippen molar-refractivity contribution in [3.05, 3.63) is 53.6 Å². The molecule has 8 heteroatoms. The third kappa shape index (κ3) is 6.77. The van der Waals surface area contributed by atoms with Gasteiger partial charge in [0.25, 0.3) is 15.9 Å². The molecule has 0 saturated carbocycles. The Labute approximate surface area is 164 Å². The van der Waals surface area contributed by atoms with Crippen molar-refractivity contribution in [3.63, 3.8) is 0 Å². The van der Waals surface area contributed by atoms with E-state index < -0.39 is 10.0 Å². The fourth-order valence-electron chi connectivity index (χ4n) is 2.04. The second kappa shape index (κ2) is 8.63. The lowest BCUT2D eigenvalue weighted by atomic mass is 9.97. The molecule has 0 saturated heterocycles. The van der Waals surface area contributed by atoms with E-state index in [0.717, 1.165) is 0 Å². The Hall–Kier alpha value is -2.25. The summed E-state index contributed by atoms with van der Waals surface area (Å²) in [5, 5.41) is 2.87. The first kappa shape index (κ1) is 21.1. The lowest BCUT2D eigenvalue weighted by Crippen LogP contribution is -2.35. The molecule has 0 aliphatic carbocycles. The van der Waals surface area contributed by atoms with Crippen LogP contribution in [0.5, 0.6) is 5.75 Å². The van der Waals surface area contributed by atoms with Crippen LogP contribution in [-0.2, 0) is 14.8 Å². The number of rotatable bonds is 7. The summed E-state index contributed by atoms with van der Waals surface area (Å²) in [5.74, 6) is -0.0373. The number of sulfonamides is 1. The molecule has 0 spiro atoms. The number of anilines is 1. The van der Waals surface area contributed by atoms with E-state index in [1.165, 1.54) is 18.2 Å². The number of benzene rings is 2. The standard InChI is InChI=1S/C19H23ClN2O4S/c1-19(2,3)13-21-18(23)12-26-17-10-9-15(11-16(17)20)27(24,25)22-14-7-5-4-6-8-14/h4-11,22H,12-13H2,1-3H3,(H,21,23). The van der Waals surface area contributed by atoms with Crippen LogP contribution in [0.1, 0.15) is 20.8 Å². The Balaban J connectivity index is 2.01. The topological polar surface area (TPSA) is 84.5 Å². The van der Waals surface area contributed by atoms with Gasteiger partial charge in [0.05, 0.1) is 9.92 Å². The van der Waals surface area contributed by atoms with Crippen molar-refractivity contribution >= 4 is 33.2 Å². The number of carbonyl (C=O) groups excluding carboxylic acids is 1. The molecule has 146 valence electrons. The number of para-hydroxylation sites is 1. The molecule has 1 amide bonds. The van der Waals surface area contributed by atoms with Gasteiger partial charge >= 0.3 is 0 Å². The quantitative estimate of drug-likeness (QED) is 0.729. The van der Waals surface area contributed by atoms with Crippen LogP contribution in [-0.4, -0.2) is 27.5 Å². The van der Waals surface area contributed by atoms with Gasteiger partial charge < -0.3 is 10.1 Å². The molecule has 2 rings (SSSR count). The number of amides is 1. The molecular weight excluding hydrogens is 388 g/mol. The summed E-state index contributed by atoms with van der Waals surface area (Å²) in [6, 6.07) is 12.6. The van der Waals surface area contributed by atoms with Gasteiger partial charge in [-0.05, 0) is 35.7 Å². The first-order valence-corrected chi connectivity index (χ1v) is 10.2. The van der Waals surface area contributed by atoms with Crippen molar-refractivity contribution in [3.8, 4) is 5.75 Å². The van der Waals surface area contributed by atoms with Crippen LogP contribution in [0, 0.1) is 5.41 Å². The SMILES string of the molecule is CC(C)(C)CNC(=O)COc1ccc(S(=O)(=O)Nc2ccccc2)cc1Cl. The summed E-state index contributed by atoms with van der Waals surface area (Å²) in [5.41, 5.74) is 0.416. The zero-order chi connectivity index (χ0) is 20.1. The molecule has 2 N–H and O–H groups in total. The van der Waals surface area contributed by atoms with Gasteiger partial charge in [0, 0.05) is 12.2 Å². The summed E-state index contributed by atoms with van der Waals surface area (Å²) < 4.78 is 32.7. The third-order valence-electron chi connectivity index (χ3n) is 3.41. The van der Waals surface area contributed by atoms with Crippen molar-refractivity contribution in [1.29, 1.82) is 0 Å². The monoisotopic (exact) mass is 410 g/mol. The maximum absolute atomic E-state index is 12.4. The molecule has 0 radical (unpaired) electrons. The predicted molar refractivity (Wildman–Crippen MR) is 107 cm³/mol. The van der Waals surface area contributed by atoms with Crippen LogP contribution in [0.25, 0.3) is 0 Å². The van der Waals surface area contributed by atoms with Crippen molar-refractivity contribution in [2.45, 2.75) is 25.7 Å². The lowest BCUT2D eigenvalue weighted by molar-refractivity contribution is -0.123. The maximum atomic E-state index is 12.4. The fraction of sp³-hybridized carbons (Fsp3) is 0.316. The number of carbonyl (C=O) groups is 1. The van der Waals surface area contributed by atoms with Gasteiger partial charge in [-0.15, -0.1) is 0 Å². The Morgan fingerprint density at radius 3 is 2.37 bits per heavy atom. The van der Waals surface area contributed by atoms with Gasteiger partial charge in [-0.3, -0.25) is 9.52 Å². The Bertz CT molecular complexity index is 894. The van der Waals surface area contributed by atoms with Crippen LogP contribution in [0.2, 0.25) is 5.02 Å². The number of ether oxygens (including phenoxy) is 1. The lowest BCUT2D eigenvalue weighted by Gasteiger charge is -2.18. The maximum Gasteiger partial charge on any atom is 0.261 e. The van der Waals surface area contributed by atoms with Gasteiger partial charge in [0.2, 0.25) is 0 Å².